The van der Waals surface area contributed by atoms with Crippen LogP contribution in [0, 0.1) is 6.92 Å². The van der Waals surface area contributed by atoms with Gasteiger partial charge in [0.1, 0.15) is 0 Å². The van der Waals surface area contributed by atoms with E-state index in [4.69, 9.17) is 0 Å². The van der Waals surface area contributed by atoms with Gasteiger partial charge in [0.2, 0.25) is 0 Å². The maximum absolute atomic E-state index is 12.4. The van der Waals surface area contributed by atoms with Gasteiger partial charge in [-0.2, -0.15) is 0 Å². The van der Waals surface area contributed by atoms with Gasteiger partial charge in [-0.15, -0.1) is 0 Å². The minimum Gasteiger partial charge on any atom is -0.307 e. The lowest BCUT2D eigenvalue weighted by molar-refractivity contribution is 0.262. The van der Waals surface area contributed by atoms with Gasteiger partial charge in [0, 0.05) is 11.1 Å². The van der Waals surface area contributed by atoms with Crippen molar-refractivity contribution in [3.8, 4) is 0 Å². The summed E-state index contributed by atoms with van der Waals surface area (Å²) in [6.45, 7) is 6.28. The molecule has 0 aliphatic carbocycles. The summed E-state index contributed by atoms with van der Waals surface area (Å²) in [5, 5.41) is 8.06. The van der Waals surface area contributed by atoms with E-state index in [1.807, 2.05) is 61.5 Å². The molecule has 3 nitrogen and oxygen atoms in total. The third-order valence-corrected chi connectivity index (χ3v) is 4.21. The molecule has 3 heteroatoms. The average molecular weight is 318 g/mol. The molecule has 0 aliphatic rings. The largest absolute Gasteiger partial charge is 0.323 e. The van der Waals surface area contributed by atoms with Gasteiger partial charge in [-0.1, -0.05) is 62.4 Å². The van der Waals surface area contributed by atoms with E-state index < -0.39 is 0 Å². The molecule has 0 atom stereocenters. The summed E-state index contributed by atoms with van der Waals surface area (Å²) in [4.78, 5) is 12.4. The zero-order chi connectivity index (χ0) is 17.1. The van der Waals surface area contributed by atoms with Gasteiger partial charge < -0.3 is 10.6 Å². The normalized spacial score (nSPS) is 10.8. The zero-order valence-corrected chi connectivity index (χ0v) is 14.3. The molecule has 0 saturated carbocycles. The van der Waals surface area contributed by atoms with E-state index in [0.29, 0.717) is 5.92 Å². The third kappa shape index (κ3) is 3.40. The molecular weight excluding hydrogens is 296 g/mol. The van der Waals surface area contributed by atoms with E-state index in [0.717, 1.165) is 27.7 Å². The number of hydrogen-bond acceptors (Lipinski definition) is 1. The average Bonchev–Trinajstić information content (AvgIpc) is 2.57. The Morgan fingerprint density at radius 3 is 2.38 bits per heavy atom. The molecule has 0 fully saturated rings. The lowest BCUT2D eigenvalue weighted by Crippen LogP contribution is -2.20. The maximum atomic E-state index is 12.4. The number of carbonyl (C=O) groups excluding carboxylic acids is 1. The first-order valence-corrected chi connectivity index (χ1v) is 8.21. The fourth-order valence-corrected chi connectivity index (χ4v) is 2.74. The fourth-order valence-electron chi connectivity index (χ4n) is 2.74. The summed E-state index contributed by atoms with van der Waals surface area (Å²) in [7, 11) is 0. The Morgan fingerprint density at radius 2 is 1.58 bits per heavy atom. The van der Waals surface area contributed by atoms with E-state index in [9.17, 15) is 4.79 Å². The fraction of sp³-hybridized carbons (Fsp3) is 0.190. The number of rotatable bonds is 3. The first-order valence-electron chi connectivity index (χ1n) is 8.21. The van der Waals surface area contributed by atoms with Crippen LogP contribution in [-0.4, -0.2) is 6.03 Å². The van der Waals surface area contributed by atoms with Crippen molar-refractivity contribution in [1.29, 1.82) is 0 Å². The predicted octanol–water partition coefficient (Wildman–Crippen LogP) is 5.92. The number of urea groups is 1. The molecule has 24 heavy (non-hydrogen) atoms. The quantitative estimate of drug-likeness (QED) is 0.618. The highest BCUT2D eigenvalue weighted by molar-refractivity contribution is 6.06. The van der Waals surface area contributed by atoms with Crippen LogP contribution >= 0.6 is 0 Å². The second-order valence-corrected chi connectivity index (χ2v) is 6.33. The Hall–Kier alpha value is -2.81. The van der Waals surface area contributed by atoms with Crippen LogP contribution in [0.25, 0.3) is 10.8 Å². The molecule has 0 unspecified atom stereocenters. The van der Waals surface area contributed by atoms with Crippen molar-refractivity contribution in [2.24, 2.45) is 0 Å². The Balaban J connectivity index is 1.82. The van der Waals surface area contributed by atoms with Gasteiger partial charge in [-0.25, -0.2) is 4.79 Å². The molecular formula is C21H22N2O. The number of fused-ring (bicyclic) bond motifs is 1. The maximum Gasteiger partial charge on any atom is 0.323 e. The summed E-state index contributed by atoms with van der Waals surface area (Å²) >= 11 is 0. The van der Waals surface area contributed by atoms with Crippen LogP contribution in [0.2, 0.25) is 0 Å². The minimum absolute atomic E-state index is 0.227. The van der Waals surface area contributed by atoms with Crippen LogP contribution in [0.3, 0.4) is 0 Å². The number of anilines is 2. The summed E-state index contributed by atoms with van der Waals surface area (Å²) < 4.78 is 0. The van der Waals surface area contributed by atoms with Crippen molar-refractivity contribution in [3.63, 3.8) is 0 Å². The molecule has 0 saturated heterocycles. The van der Waals surface area contributed by atoms with Gasteiger partial charge in [0.25, 0.3) is 0 Å². The van der Waals surface area contributed by atoms with E-state index in [2.05, 4.69) is 30.5 Å². The van der Waals surface area contributed by atoms with Gasteiger partial charge in [-0.3, -0.25) is 0 Å². The van der Waals surface area contributed by atoms with Crippen LogP contribution in [0.15, 0.2) is 60.7 Å². The highest BCUT2D eigenvalue weighted by Crippen LogP contribution is 2.25. The summed E-state index contributed by atoms with van der Waals surface area (Å²) in [6.07, 6.45) is 0. The number of amides is 2. The second kappa shape index (κ2) is 6.75. The number of aryl methyl sites for hydroxylation is 1. The Labute approximate surface area is 142 Å². The summed E-state index contributed by atoms with van der Waals surface area (Å²) in [5.74, 6) is 0.423. The molecule has 2 N–H and O–H groups in total. The van der Waals surface area contributed by atoms with Gasteiger partial charge in [-0.05, 0) is 41.5 Å². The summed E-state index contributed by atoms with van der Waals surface area (Å²) in [5.41, 5.74) is 3.91. The Bertz CT molecular complexity index is 879. The van der Waals surface area contributed by atoms with Crippen molar-refractivity contribution in [1.82, 2.24) is 0 Å². The van der Waals surface area contributed by atoms with Crippen molar-refractivity contribution >= 4 is 28.2 Å². The molecule has 0 radical (unpaired) electrons. The van der Waals surface area contributed by atoms with E-state index in [-0.39, 0.29) is 6.03 Å². The zero-order valence-electron chi connectivity index (χ0n) is 14.3. The molecule has 0 heterocycles. The highest BCUT2D eigenvalue weighted by Gasteiger charge is 2.09. The lowest BCUT2D eigenvalue weighted by Gasteiger charge is -2.14. The van der Waals surface area contributed by atoms with Crippen LogP contribution < -0.4 is 10.6 Å². The molecule has 0 spiro atoms. The Kier molecular flexibility index (Phi) is 4.52. The smallest absolute Gasteiger partial charge is 0.307 e. The van der Waals surface area contributed by atoms with Crippen molar-refractivity contribution in [2.45, 2.75) is 26.7 Å². The van der Waals surface area contributed by atoms with Gasteiger partial charge in [0.15, 0.2) is 0 Å². The van der Waals surface area contributed by atoms with Crippen LogP contribution in [-0.2, 0) is 0 Å². The van der Waals surface area contributed by atoms with Gasteiger partial charge in [0.05, 0.1) is 5.69 Å². The molecule has 3 aromatic carbocycles. The van der Waals surface area contributed by atoms with E-state index in [1.165, 1.54) is 5.56 Å². The molecule has 0 aromatic heterocycles. The standard InChI is InChI=1S/C21H22N2O/c1-14(2)17-12-11-15(3)20(13-17)23-21(24)22-19-10-6-8-16-7-4-5-9-18(16)19/h4-14H,1-3H3,(H2,22,23,24). The van der Waals surface area contributed by atoms with Crippen LogP contribution in [0.5, 0.6) is 0 Å². The number of nitrogens with one attached hydrogen (secondary N) is 2. The minimum atomic E-state index is -0.227. The lowest BCUT2D eigenvalue weighted by atomic mass is 10.0. The SMILES string of the molecule is Cc1ccc(C(C)C)cc1NC(=O)Nc1cccc2ccccc12. The number of hydrogen-bond donors (Lipinski definition) is 2. The van der Waals surface area contributed by atoms with E-state index in [1.54, 1.807) is 0 Å². The van der Waals surface area contributed by atoms with E-state index >= 15 is 0 Å². The number of carbonyl (C=O) groups is 1. The topological polar surface area (TPSA) is 41.1 Å². The van der Waals surface area contributed by atoms with Crippen molar-refractivity contribution in [2.75, 3.05) is 10.6 Å². The first kappa shape index (κ1) is 16.1. The highest BCUT2D eigenvalue weighted by atomic mass is 16.2. The van der Waals surface area contributed by atoms with Crippen LogP contribution in [0.1, 0.15) is 30.9 Å². The second-order valence-electron chi connectivity index (χ2n) is 6.33. The van der Waals surface area contributed by atoms with Crippen molar-refractivity contribution < 1.29 is 4.79 Å². The monoisotopic (exact) mass is 318 g/mol. The molecule has 0 aliphatic heterocycles. The van der Waals surface area contributed by atoms with Crippen molar-refractivity contribution in [3.05, 3.63) is 71.8 Å². The molecule has 0 bridgehead atoms. The van der Waals surface area contributed by atoms with Gasteiger partial charge >= 0.3 is 6.03 Å². The number of benzene rings is 3. The summed E-state index contributed by atoms with van der Waals surface area (Å²) in [6, 6.07) is 19.9. The third-order valence-electron chi connectivity index (χ3n) is 4.21. The molecule has 122 valence electrons. The molecule has 3 aromatic rings. The van der Waals surface area contributed by atoms with Crippen LogP contribution in [0.4, 0.5) is 16.2 Å². The predicted molar refractivity (Wildman–Crippen MR) is 102 cm³/mol. The molecule has 3 rings (SSSR count). The molecule has 2 amide bonds. The first-order chi connectivity index (χ1) is 11.5. The Morgan fingerprint density at radius 1 is 0.875 bits per heavy atom.